The summed E-state index contributed by atoms with van der Waals surface area (Å²) in [6.45, 7) is 1.67. The Labute approximate surface area is 187 Å². The van der Waals surface area contributed by atoms with E-state index in [1.54, 1.807) is 9.80 Å². The molecule has 0 radical (unpaired) electrons. The predicted molar refractivity (Wildman–Crippen MR) is 115 cm³/mol. The van der Waals surface area contributed by atoms with Crippen molar-refractivity contribution in [2.75, 3.05) is 31.1 Å². The zero-order valence-electron chi connectivity index (χ0n) is 16.9. The van der Waals surface area contributed by atoms with Crippen molar-refractivity contribution in [2.24, 2.45) is 0 Å². The van der Waals surface area contributed by atoms with Crippen LogP contribution < -0.4 is 9.64 Å². The first kappa shape index (κ1) is 20.9. The standard InChI is InChI=1S/C23H19ClF3N3O2/c24-18-11-15(23(25,26)27)13-28-21(18)29-7-9-30(10-8-29)22(31)20-12-17-16-4-2-1-3-14(16)5-6-19(17)32-20/h1-6,11,13,20H,7-10,12H2/t20-/m1/s1. The molecule has 166 valence electrons. The van der Waals surface area contributed by atoms with Gasteiger partial charge in [-0.15, -0.1) is 0 Å². The van der Waals surface area contributed by atoms with Crippen LogP contribution in [0.15, 0.2) is 48.7 Å². The van der Waals surface area contributed by atoms with E-state index in [9.17, 15) is 18.0 Å². The van der Waals surface area contributed by atoms with Crippen molar-refractivity contribution in [3.63, 3.8) is 0 Å². The van der Waals surface area contributed by atoms with E-state index >= 15 is 0 Å². The van der Waals surface area contributed by atoms with Crippen molar-refractivity contribution in [3.05, 3.63) is 64.8 Å². The molecule has 5 nitrogen and oxygen atoms in total. The average Bonchev–Trinajstić information content (AvgIpc) is 3.23. The van der Waals surface area contributed by atoms with Crippen LogP contribution in [0.4, 0.5) is 19.0 Å². The minimum atomic E-state index is -4.50. The molecular weight excluding hydrogens is 443 g/mol. The van der Waals surface area contributed by atoms with Gasteiger partial charge in [-0.2, -0.15) is 13.2 Å². The SMILES string of the molecule is O=C([C@H]1Cc2c(ccc3ccccc23)O1)N1CCN(c2ncc(C(F)(F)F)cc2Cl)CC1. The Balaban J connectivity index is 1.25. The molecule has 2 aromatic carbocycles. The van der Waals surface area contributed by atoms with Crippen LogP contribution in [0.3, 0.4) is 0 Å². The number of alkyl halides is 3. The van der Waals surface area contributed by atoms with E-state index in [4.69, 9.17) is 16.3 Å². The highest BCUT2D eigenvalue weighted by Gasteiger charge is 2.36. The highest BCUT2D eigenvalue weighted by atomic mass is 35.5. The Kier molecular flexibility index (Phi) is 5.12. The topological polar surface area (TPSA) is 45.7 Å². The van der Waals surface area contributed by atoms with Crippen molar-refractivity contribution >= 4 is 34.1 Å². The van der Waals surface area contributed by atoms with Gasteiger partial charge in [0.05, 0.1) is 10.6 Å². The maximum atomic E-state index is 13.1. The van der Waals surface area contributed by atoms with Gasteiger partial charge in [0.2, 0.25) is 0 Å². The van der Waals surface area contributed by atoms with Gasteiger partial charge in [-0.1, -0.05) is 41.9 Å². The zero-order valence-corrected chi connectivity index (χ0v) is 17.7. The van der Waals surface area contributed by atoms with Gasteiger partial charge in [-0.3, -0.25) is 4.79 Å². The normalized spacial score (nSPS) is 18.6. The van der Waals surface area contributed by atoms with Crippen molar-refractivity contribution in [1.29, 1.82) is 0 Å². The maximum absolute atomic E-state index is 13.1. The summed E-state index contributed by atoms with van der Waals surface area (Å²) >= 11 is 6.07. The van der Waals surface area contributed by atoms with Crippen LogP contribution in [0.5, 0.6) is 5.75 Å². The van der Waals surface area contributed by atoms with E-state index in [-0.39, 0.29) is 10.9 Å². The first-order chi connectivity index (χ1) is 15.3. The fraction of sp³-hybridized carbons (Fsp3) is 0.304. The van der Waals surface area contributed by atoms with Crippen LogP contribution in [0.25, 0.3) is 10.8 Å². The number of benzene rings is 2. The molecule has 2 aliphatic rings. The quantitative estimate of drug-likeness (QED) is 0.561. The van der Waals surface area contributed by atoms with Crippen LogP contribution >= 0.6 is 11.6 Å². The van der Waals surface area contributed by atoms with Gasteiger partial charge in [-0.25, -0.2) is 4.98 Å². The van der Waals surface area contributed by atoms with E-state index in [2.05, 4.69) is 4.98 Å². The first-order valence-electron chi connectivity index (χ1n) is 10.2. The molecule has 1 aromatic heterocycles. The van der Waals surface area contributed by atoms with Gasteiger partial charge in [-0.05, 0) is 22.9 Å². The molecule has 32 heavy (non-hydrogen) atoms. The molecule has 3 heterocycles. The number of hydrogen-bond acceptors (Lipinski definition) is 4. The van der Waals surface area contributed by atoms with Crippen LogP contribution in [0, 0.1) is 0 Å². The first-order valence-corrected chi connectivity index (χ1v) is 10.6. The largest absolute Gasteiger partial charge is 0.480 e. The van der Waals surface area contributed by atoms with Crippen molar-refractivity contribution in [3.8, 4) is 5.75 Å². The van der Waals surface area contributed by atoms with Crippen molar-refractivity contribution in [2.45, 2.75) is 18.7 Å². The van der Waals surface area contributed by atoms with E-state index in [0.717, 1.165) is 34.3 Å². The molecule has 5 rings (SSSR count). The van der Waals surface area contributed by atoms with Crippen molar-refractivity contribution in [1.82, 2.24) is 9.88 Å². The van der Waals surface area contributed by atoms with Gasteiger partial charge >= 0.3 is 6.18 Å². The molecule has 2 aliphatic heterocycles. The molecule has 3 aromatic rings. The molecular formula is C23H19ClF3N3O2. The number of amides is 1. The Bertz CT molecular complexity index is 1190. The molecule has 0 spiro atoms. The zero-order chi connectivity index (χ0) is 22.5. The second-order valence-electron chi connectivity index (χ2n) is 7.91. The van der Waals surface area contributed by atoms with E-state index in [1.807, 2.05) is 36.4 Å². The summed E-state index contributed by atoms with van der Waals surface area (Å²) in [6, 6.07) is 12.8. The molecule has 1 atom stereocenters. The minimum Gasteiger partial charge on any atom is -0.480 e. The molecule has 9 heteroatoms. The Morgan fingerprint density at radius 3 is 2.56 bits per heavy atom. The van der Waals surface area contributed by atoms with Crippen molar-refractivity contribution < 1.29 is 22.7 Å². The third-order valence-electron chi connectivity index (χ3n) is 5.97. The van der Waals surface area contributed by atoms with Crippen LogP contribution in [-0.4, -0.2) is 48.1 Å². The van der Waals surface area contributed by atoms with Gasteiger partial charge in [0.25, 0.3) is 5.91 Å². The minimum absolute atomic E-state index is 0.0546. The molecule has 0 saturated carbocycles. The Hall–Kier alpha value is -3.00. The third-order valence-corrected chi connectivity index (χ3v) is 6.25. The van der Waals surface area contributed by atoms with E-state index in [0.29, 0.717) is 38.4 Å². The maximum Gasteiger partial charge on any atom is 0.417 e. The number of hydrogen-bond donors (Lipinski definition) is 0. The number of halogens is 4. The molecule has 1 saturated heterocycles. The molecule has 0 unspecified atom stereocenters. The summed E-state index contributed by atoms with van der Waals surface area (Å²) in [5.74, 6) is 0.945. The second kappa shape index (κ2) is 7.85. The Morgan fingerprint density at radius 1 is 1.09 bits per heavy atom. The van der Waals surface area contributed by atoms with Gasteiger partial charge in [0, 0.05) is 44.4 Å². The summed E-state index contributed by atoms with van der Waals surface area (Å²) in [6.07, 6.45) is -3.77. The number of nitrogens with zero attached hydrogens (tertiary/aromatic N) is 3. The smallest absolute Gasteiger partial charge is 0.417 e. The van der Waals surface area contributed by atoms with Gasteiger partial charge in [0.1, 0.15) is 11.6 Å². The lowest BCUT2D eigenvalue weighted by atomic mass is 10.0. The molecule has 1 amide bonds. The Morgan fingerprint density at radius 2 is 1.84 bits per heavy atom. The molecule has 0 aliphatic carbocycles. The molecule has 0 bridgehead atoms. The summed E-state index contributed by atoms with van der Waals surface area (Å²) in [7, 11) is 0. The summed E-state index contributed by atoms with van der Waals surface area (Å²) in [5.41, 5.74) is 0.159. The number of piperazine rings is 1. The summed E-state index contributed by atoms with van der Waals surface area (Å²) in [5, 5.41) is 2.15. The predicted octanol–water partition coefficient (Wildman–Crippen LogP) is 4.56. The number of ether oxygens (including phenoxy) is 1. The highest BCUT2D eigenvalue weighted by Crippen LogP contribution is 2.36. The molecule has 0 N–H and O–H groups in total. The number of carbonyl (C=O) groups excluding carboxylic acids is 1. The van der Waals surface area contributed by atoms with Crippen LogP contribution in [0.2, 0.25) is 5.02 Å². The number of rotatable bonds is 2. The lowest BCUT2D eigenvalue weighted by molar-refractivity contribution is -0.138. The summed E-state index contributed by atoms with van der Waals surface area (Å²) < 4.78 is 44.5. The molecule has 1 fully saturated rings. The fourth-order valence-corrected chi connectivity index (χ4v) is 4.60. The van der Waals surface area contributed by atoms with E-state index < -0.39 is 17.8 Å². The lowest BCUT2D eigenvalue weighted by Gasteiger charge is -2.36. The number of fused-ring (bicyclic) bond motifs is 3. The van der Waals surface area contributed by atoms with Crippen LogP contribution in [-0.2, 0) is 17.4 Å². The van der Waals surface area contributed by atoms with Gasteiger partial charge in [0.15, 0.2) is 6.10 Å². The van der Waals surface area contributed by atoms with Crippen LogP contribution in [0.1, 0.15) is 11.1 Å². The van der Waals surface area contributed by atoms with Gasteiger partial charge < -0.3 is 14.5 Å². The number of carbonyl (C=O) groups is 1. The second-order valence-corrected chi connectivity index (χ2v) is 8.32. The third kappa shape index (κ3) is 3.72. The number of aromatic nitrogens is 1. The highest BCUT2D eigenvalue weighted by molar-refractivity contribution is 6.33. The fourth-order valence-electron chi connectivity index (χ4n) is 4.32. The number of pyridine rings is 1. The summed E-state index contributed by atoms with van der Waals surface area (Å²) in [4.78, 5) is 20.5. The average molecular weight is 462 g/mol. The number of anilines is 1. The monoisotopic (exact) mass is 461 g/mol. The lowest BCUT2D eigenvalue weighted by Crippen LogP contribution is -2.52. The van der Waals surface area contributed by atoms with E-state index in [1.165, 1.54) is 0 Å².